The fourth-order valence-electron chi connectivity index (χ4n) is 3.01. The van der Waals surface area contributed by atoms with Gasteiger partial charge in [0.05, 0.1) is 18.4 Å². The van der Waals surface area contributed by atoms with Crippen LogP contribution in [0.25, 0.3) is 11.0 Å². The molecule has 4 nitrogen and oxygen atoms in total. The highest BCUT2D eigenvalue weighted by molar-refractivity contribution is 6.32. The zero-order valence-corrected chi connectivity index (χ0v) is 17.1. The largest absolute Gasteiger partial charge is 0.464 e. The second-order valence-corrected chi connectivity index (χ2v) is 7.48. The van der Waals surface area contributed by atoms with Gasteiger partial charge in [0, 0.05) is 21.0 Å². The molecule has 1 N–H and O–H groups in total. The summed E-state index contributed by atoms with van der Waals surface area (Å²) in [6.07, 6.45) is 1.71. The number of furan rings is 1. The van der Waals surface area contributed by atoms with E-state index in [9.17, 15) is 4.79 Å². The van der Waals surface area contributed by atoms with Gasteiger partial charge in [-0.1, -0.05) is 41.4 Å². The number of para-hydroxylation sites is 1. The maximum Gasteiger partial charge on any atom is 0.229 e. The lowest BCUT2D eigenvalue weighted by Gasteiger charge is -2.12. The first-order valence-electron chi connectivity index (χ1n) is 8.98. The minimum atomic E-state index is -0.218. The van der Waals surface area contributed by atoms with Crippen molar-refractivity contribution in [3.05, 3.63) is 88.1 Å². The number of ether oxygens (including phenoxy) is 1. The Labute approximate surface area is 178 Å². The number of carbonyl (C=O) groups excluding carboxylic acids is 1. The summed E-state index contributed by atoms with van der Waals surface area (Å²) in [6.45, 7) is 1.91. The number of nitrogens with one attached hydrogen (secondary N) is 1. The molecule has 0 aliphatic carbocycles. The maximum atomic E-state index is 12.7. The molecule has 1 aromatic heterocycles. The Morgan fingerprint density at radius 1 is 1.07 bits per heavy atom. The van der Waals surface area contributed by atoms with E-state index >= 15 is 0 Å². The highest BCUT2D eigenvalue weighted by Gasteiger charge is 2.15. The topological polar surface area (TPSA) is 51.5 Å². The van der Waals surface area contributed by atoms with Crippen LogP contribution in [0.4, 0.5) is 5.69 Å². The second-order valence-electron chi connectivity index (χ2n) is 6.64. The van der Waals surface area contributed by atoms with Gasteiger partial charge in [0.15, 0.2) is 5.75 Å². The molecule has 4 rings (SSSR count). The first kappa shape index (κ1) is 19.4. The molecule has 0 fully saturated rings. The summed E-state index contributed by atoms with van der Waals surface area (Å²) in [4.78, 5) is 12.7. The number of aryl methyl sites for hydroxylation is 1. The second kappa shape index (κ2) is 8.19. The third-order valence-electron chi connectivity index (χ3n) is 4.47. The van der Waals surface area contributed by atoms with Gasteiger partial charge in [-0.25, -0.2) is 0 Å². The Bertz CT molecular complexity index is 1190. The van der Waals surface area contributed by atoms with Crippen LogP contribution in [-0.4, -0.2) is 5.91 Å². The van der Waals surface area contributed by atoms with Crippen molar-refractivity contribution >= 4 is 45.8 Å². The molecule has 29 heavy (non-hydrogen) atoms. The van der Waals surface area contributed by atoms with Gasteiger partial charge in [0.25, 0.3) is 0 Å². The van der Waals surface area contributed by atoms with E-state index in [-0.39, 0.29) is 12.3 Å². The molecule has 4 aromatic rings. The van der Waals surface area contributed by atoms with E-state index in [0.717, 1.165) is 16.5 Å². The summed E-state index contributed by atoms with van der Waals surface area (Å²) in [6, 6.07) is 18.1. The Hall–Kier alpha value is -2.95. The molecule has 146 valence electrons. The minimum Gasteiger partial charge on any atom is -0.464 e. The lowest BCUT2D eigenvalue weighted by Crippen LogP contribution is -2.14. The fraction of sp³-hybridized carbons (Fsp3) is 0.0870. The quantitative estimate of drug-likeness (QED) is 0.373. The van der Waals surface area contributed by atoms with Crippen molar-refractivity contribution in [2.24, 2.45) is 0 Å². The molecule has 0 atom stereocenters. The number of rotatable bonds is 5. The molecule has 3 aromatic carbocycles. The Morgan fingerprint density at radius 2 is 1.86 bits per heavy atom. The summed E-state index contributed by atoms with van der Waals surface area (Å²) < 4.78 is 11.5. The van der Waals surface area contributed by atoms with Gasteiger partial charge >= 0.3 is 0 Å². The van der Waals surface area contributed by atoms with E-state index < -0.39 is 0 Å². The fourth-order valence-corrected chi connectivity index (χ4v) is 3.35. The van der Waals surface area contributed by atoms with Crippen LogP contribution in [0, 0.1) is 6.92 Å². The molecule has 1 heterocycles. The molecular formula is C23H17Cl2NO3. The molecule has 0 aliphatic heterocycles. The van der Waals surface area contributed by atoms with Crippen LogP contribution in [0.1, 0.15) is 11.1 Å². The molecular weight excluding hydrogens is 409 g/mol. The lowest BCUT2D eigenvalue weighted by molar-refractivity contribution is -0.115. The summed E-state index contributed by atoms with van der Waals surface area (Å²) in [5, 5.41) is 4.83. The van der Waals surface area contributed by atoms with Crippen LogP contribution in [0.2, 0.25) is 10.0 Å². The standard InChI is InChI=1S/C23H17Cl2NO3/c1-14-9-22-18(12-19(14)25)15(13-28-22)10-23(27)26-20-11-16(24)7-8-21(20)29-17-5-3-2-4-6-17/h2-9,11-13H,10H2,1H3,(H,26,27). The third-order valence-corrected chi connectivity index (χ3v) is 5.11. The molecule has 1 amide bonds. The zero-order valence-electron chi connectivity index (χ0n) is 15.5. The summed E-state index contributed by atoms with van der Waals surface area (Å²) in [7, 11) is 0. The number of anilines is 1. The van der Waals surface area contributed by atoms with E-state index in [2.05, 4.69) is 5.32 Å². The first-order chi connectivity index (χ1) is 14.0. The van der Waals surface area contributed by atoms with E-state index in [0.29, 0.717) is 32.8 Å². The summed E-state index contributed by atoms with van der Waals surface area (Å²) >= 11 is 12.3. The van der Waals surface area contributed by atoms with Crippen molar-refractivity contribution in [2.45, 2.75) is 13.3 Å². The third kappa shape index (κ3) is 4.39. The zero-order chi connectivity index (χ0) is 20.4. The van der Waals surface area contributed by atoms with Gasteiger partial charge in [0.1, 0.15) is 11.3 Å². The van der Waals surface area contributed by atoms with Crippen molar-refractivity contribution < 1.29 is 13.9 Å². The molecule has 0 bridgehead atoms. The lowest BCUT2D eigenvalue weighted by atomic mass is 10.1. The van der Waals surface area contributed by atoms with Gasteiger partial charge < -0.3 is 14.5 Å². The number of benzene rings is 3. The minimum absolute atomic E-state index is 0.129. The predicted octanol–water partition coefficient (Wildman–Crippen LogP) is 7.02. The van der Waals surface area contributed by atoms with Crippen LogP contribution in [0.5, 0.6) is 11.5 Å². The highest BCUT2D eigenvalue weighted by atomic mass is 35.5. The number of hydrogen-bond acceptors (Lipinski definition) is 3. The van der Waals surface area contributed by atoms with Gasteiger partial charge in [-0.15, -0.1) is 0 Å². The number of hydrogen-bond donors (Lipinski definition) is 1. The van der Waals surface area contributed by atoms with Crippen molar-refractivity contribution in [3.8, 4) is 11.5 Å². The molecule has 0 saturated heterocycles. The van der Waals surface area contributed by atoms with Crippen LogP contribution >= 0.6 is 23.2 Å². The van der Waals surface area contributed by atoms with Crippen molar-refractivity contribution in [3.63, 3.8) is 0 Å². The van der Waals surface area contributed by atoms with E-state index in [1.807, 2.05) is 49.4 Å². The average molecular weight is 426 g/mol. The van der Waals surface area contributed by atoms with Crippen molar-refractivity contribution in [1.29, 1.82) is 0 Å². The Morgan fingerprint density at radius 3 is 2.66 bits per heavy atom. The molecule has 0 unspecified atom stereocenters. The Kier molecular flexibility index (Phi) is 5.47. The van der Waals surface area contributed by atoms with E-state index in [1.54, 1.807) is 24.5 Å². The van der Waals surface area contributed by atoms with Gasteiger partial charge in [-0.2, -0.15) is 0 Å². The monoisotopic (exact) mass is 425 g/mol. The SMILES string of the molecule is Cc1cc2occ(CC(=O)Nc3cc(Cl)ccc3Oc3ccccc3)c2cc1Cl. The van der Waals surface area contributed by atoms with Gasteiger partial charge in [-0.3, -0.25) is 4.79 Å². The molecule has 0 saturated carbocycles. The number of fused-ring (bicyclic) bond motifs is 1. The van der Waals surface area contributed by atoms with Crippen molar-refractivity contribution in [1.82, 2.24) is 0 Å². The van der Waals surface area contributed by atoms with E-state index in [1.165, 1.54) is 0 Å². The van der Waals surface area contributed by atoms with Crippen molar-refractivity contribution in [2.75, 3.05) is 5.32 Å². The Balaban J connectivity index is 1.56. The highest BCUT2D eigenvalue weighted by Crippen LogP contribution is 2.33. The van der Waals surface area contributed by atoms with Gasteiger partial charge in [0.2, 0.25) is 5.91 Å². The van der Waals surface area contributed by atoms with Crippen LogP contribution in [0.15, 0.2) is 71.3 Å². The van der Waals surface area contributed by atoms with Crippen LogP contribution in [-0.2, 0) is 11.2 Å². The molecule has 6 heteroatoms. The molecule has 0 radical (unpaired) electrons. The number of carbonyl (C=O) groups is 1. The first-order valence-corrected chi connectivity index (χ1v) is 9.74. The summed E-state index contributed by atoms with van der Waals surface area (Å²) in [5.74, 6) is 0.949. The molecule has 0 aliphatic rings. The molecule has 0 spiro atoms. The normalized spacial score (nSPS) is 10.9. The van der Waals surface area contributed by atoms with Gasteiger partial charge in [-0.05, 0) is 55.0 Å². The van der Waals surface area contributed by atoms with Crippen LogP contribution < -0.4 is 10.1 Å². The maximum absolute atomic E-state index is 12.7. The number of halogens is 2. The van der Waals surface area contributed by atoms with E-state index in [4.69, 9.17) is 32.4 Å². The average Bonchev–Trinajstić information content (AvgIpc) is 3.06. The smallest absolute Gasteiger partial charge is 0.229 e. The summed E-state index contributed by atoms with van der Waals surface area (Å²) in [5.41, 5.74) is 2.87. The number of amides is 1. The predicted molar refractivity (Wildman–Crippen MR) is 116 cm³/mol. The van der Waals surface area contributed by atoms with Crippen LogP contribution in [0.3, 0.4) is 0 Å².